The third-order valence-electron chi connectivity index (χ3n) is 5.59. The normalized spacial score (nSPS) is 27.3. The number of piperidine rings is 3. The number of carbonyl (C=O) groups excluding carboxylic acids is 1. The minimum Gasteiger partial charge on any atom is -0.442 e. The molecule has 0 spiro atoms. The number of ether oxygens (including phenoxy) is 1. The Labute approximate surface area is 160 Å². The Morgan fingerprint density at radius 3 is 2.73 bits per heavy atom. The van der Waals surface area contributed by atoms with Crippen molar-refractivity contribution < 1.29 is 18.4 Å². The lowest BCUT2D eigenvalue weighted by Crippen LogP contribution is -2.63. The number of anilines is 1. The summed E-state index contributed by atoms with van der Waals surface area (Å²) in [6.07, 6.45) is 2.11. The number of hydrogen-bond donors (Lipinski definition) is 1. The number of hydrogen-bond acceptors (Lipinski definition) is 4. The molecule has 0 saturated carbocycles. The van der Waals surface area contributed by atoms with E-state index in [1.165, 1.54) is 29.5 Å². The molecular formula is C18H20ClFN3O2S+. The zero-order valence-electron chi connectivity index (χ0n) is 14.4. The first kappa shape index (κ1) is 17.7. The molecule has 0 atom stereocenters. The van der Waals surface area contributed by atoms with E-state index in [9.17, 15) is 9.18 Å². The van der Waals surface area contributed by atoms with Crippen molar-refractivity contribution in [2.45, 2.75) is 24.9 Å². The second kappa shape index (κ2) is 6.48. The van der Waals surface area contributed by atoms with E-state index in [0.717, 1.165) is 43.4 Å². The highest BCUT2D eigenvalue weighted by atomic mass is 35.5. The molecule has 8 heteroatoms. The van der Waals surface area contributed by atoms with Crippen LogP contribution in [0, 0.1) is 5.82 Å². The monoisotopic (exact) mass is 396 g/mol. The van der Waals surface area contributed by atoms with Crippen molar-refractivity contribution in [3.05, 3.63) is 34.5 Å². The molecule has 3 aliphatic heterocycles. The topological polar surface area (TPSA) is 51.2 Å². The molecule has 26 heavy (non-hydrogen) atoms. The molecule has 2 aromatic rings. The van der Waals surface area contributed by atoms with E-state index in [1.54, 1.807) is 5.51 Å². The number of carbonyl (C=O) groups is 1. The quantitative estimate of drug-likeness (QED) is 0.775. The largest absolute Gasteiger partial charge is 0.442 e. The van der Waals surface area contributed by atoms with Gasteiger partial charge in [-0.05, 0) is 18.2 Å². The molecule has 3 aliphatic rings. The fourth-order valence-electron chi connectivity index (χ4n) is 3.80. The number of amides is 1. The van der Waals surface area contributed by atoms with Gasteiger partial charge in [-0.2, -0.15) is 0 Å². The fraction of sp³-hybridized carbons (Fsp3) is 0.444. The van der Waals surface area contributed by atoms with Gasteiger partial charge in [-0.3, -0.25) is 5.32 Å². The molecule has 0 unspecified atom stereocenters. The minimum absolute atomic E-state index is 0.296. The smallest absolute Gasteiger partial charge is 0.413 e. The van der Waals surface area contributed by atoms with Crippen LogP contribution in [0.1, 0.15) is 19.3 Å². The van der Waals surface area contributed by atoms with Crippen LogP contribution >= 0.6 is 22.9 Å². The van der Waals surface area contributed by atoms with E-state index in [2.05, 4.69) is 17.3 Å². The van der Waals surface area contributed by atoms with Crippen LogP contribution in [0.15, 0.2) is 23.7 Å². The van der Waals surface area contributed by atoms with Crippen molar-refractivity contribution in [2.24, 2.45) is 0 Å². The van der Waals surface area contributed by atoms with Gasteiger partial charge < -0.3 is 9.22 Å². The Bertz CT molecular complexity index is 832. The average Bonchev–Trinajstić information content (AvgIpc) is 3.06. The van der Waals surface area contributed by atoms with Crippen molar-refractivity contribution in [3.8, 4) is 10.4 Å². The standard InChI is InChI=1S/C18H19ClFN3O2S/c1-23-7-4-18(5-8-23,6-9-23)25-17(24)22-16-15(26-11-21-16)13-10-12(19)2-3-14(13)20/h2-3,10-11H,4-9H2,1H3/p+1. The van der Waals surface area contributed by atoms with Crippen LogP contribution in [0.2, 0.25) is 5.02 Å². The summed E-state index contributed by atoms with van der Waals surface area (Å²) in [7, 11) is 2.25. The Morgan fingerprint density at radius 2 is 2.04 bits per heavy atom. The third kappa shape index (κ3) is 3.31. The molecular weight excluding hydrogens is 377 g/mol. The number of rotatable bonds is 3. The maximum atomic E-state index is 14.2. The van der Waals surface area contributed by atoms with Crippen molar-refractivity contribution in [3.63, 3.8) is 0 Å². The maximum Gasteiger partial charge on any atom is 0.413 e. The van der Waals surface area contributed by atoms with Gasteiger partial charge in [0.1, 0.15) is 11.4 Å². The second-order valence-corrected chi connectivity index (χ2v) is 8.68. The predicted molar refractivity (Wildman–Crippen MR) is 100.0 cm³/mol. The Morgan fingerprint density at radius 1 is 1.35 bits per heavy atom. The van der Waals surface area contributed by atoms with Gasteiger partial charge in [-0.1, -0.05) is 11.6 Å². The van der Waals surface area contributed by atoms with Crippen molar-refractivity contribution >= 4 is 34.8 Å². The summed E-state index contributed by atoms with van der Waals surface area (Å²) >= 11 is 7.22. The number of thiazole rings is 1. The summed E-state index contributed by atoms with van der Waals surface area (Å²) in [6, 6.07) is 4.32. The minimum atomic E-state index is -0.530. The fourth-order valence-corrected chi connectivity index (χ4v) is 4.74. The van der Waals surface area contributed by atoms with Crippen LogP contribution in [-0.4, -0.2) is 47.8 Å². The first-order valence-electron chi connectivity index (χ1n) is 8.61. The third-order valence-corrected chi connectivity index (χ3v) is 6.69. The molecule has 1 amide bonds. The number of fused-ring (bicyclic) bond motifs is 3. The van der Waals surface area contributed by atoms with E-state index in [1.807, 2.05) is 0 Å². The van der Waals surface area contributed by atoms with Gasteiger partial charge in [0.25, 0.3) is 0 Å². The zero-order chi connectivity index (χ0) is 18.4. The predicted octanol–water partition coefficient (Wildman–Crippen LogP) is 4.53. The molecule has 1 aromatic heterocycles. The van der Waals surface area contributed by atoms with Gasteiger partial charge in [-0.25, -0.2) is 14.2 Å². The molecule has 3 fully saturated rings. The summed E-state index contributed by atoms with van der Waals surface area (Å²) in [5.74, 6) is -0.116. The Hall–Kier alpha value is -1.70. The van der Waals surface area contributed by atoms with Crippen molar-refractivity contribution in [1.82, 2.24) is 4.98 Å². The Kier molecular flexibility index (Phi) is 4.41. The number of nitrogens with zero attached hydrogens (tertiary/aromatic N) is 2. The van der Waals surface area contributed by atoms with Crippen LogP contribution in [0.5, 0.6) is 0 Å². The first-order valence-corrected chi connectivity index (χ1v) is 9.86. The first-order chi connectivity index (χ1) is 12.4. The van der Waals surface area contributed by atoms with Crippen molar-refractivity contribution in [2.75, 3.05) is 32.0 Å². The summed E-state index contributed by atoms with van der Waals surface area (Å²) in [5.41, 5.74) is 1.50. The highest BCUT2D eigenvalue weighted by Crippen LogP contribution is 2.39. The lowest BCUT2D eigenvalue weighted by atomic mass is 9.81. The molecule has 1 aromatic carbocycles. The van der Waals surface area contributed by atoms with Crippen LogP contribution in [0.4, 0.5) is 15.0 Å². The zero-order valence-corrected chi connectivity index (χ0v) is 16.0. The van der Waals surface area contributed by atoms with Gasteiger partial charge in [0.15, 0.2) is 5.82 Å². The highest BCUT2D eigenvalue weighted by molar-refractivity contribution is 7.13. The van der Waals surface area contributed by atoms with Crippen LogP contribution in [0.3, 0.4) is 0 Å². The maximum absolute atomic E-state index is 14.2. The van der Waals surface area contributed by atoms with Crippen LogP contribution in [0.25, 0.3) is 10.4 Å². The molecule has 5 rings (SSSR count). The molecule has 0 aliphatic carbocycles. The summed E-state index contributed by atoms with van der Waals surface area (Å²) < 4.78 is 21.0. The van der Waals surface area contributed by atoms with E-state index in [-0.39, 0.29) is 5.60 Å². The summed E-state index contributed by atoms with van der Waals surface area (Å²) in [5, 5.41) is 3.12. The number of benzene rings is 1. The highest BCUT2D eigenvalue weighted by Gasteiger charge is 2.49. The molecule has 2 bridgehead atoms. The number of halogens is 2. The molecule has 138 valence electrons. The van der Waals surface area contributed by atoms with Crippen molar-refractivity contribution in [1.29, 1.82) is 0 Å². The summed E-state index contributed by atoms with van der Waals surface area (Å²) in [6.45, 7) is 3.09. The number of quaternary nitrogens is 1. The van der Waals surface area contributed by atoms with Crippen LogP contribution < -0.4 is 5.32 Å². The second-order valence-electron chi connectivity index (χ2n) is 7.39. The van der Waals surface area contributed by atoms with Gasteiger partial charge in [0.2, 0.25) is 0 Å². The van der Waals surface area contributed by atoms with Gasteiger partial charge in [0, 0.05) is 29.8 Å². The number of aromatic nitrogens is 1. The van der Waals surface area contributed by atoms with Gasteiger partial charge in [0.05, 0.1) is 37.1 Å². The van der Waals surface area contributed by atoms with Crippen LogP contribution in [-0.2, 0) is 4.74 Å². The molecule has 3 saturated heterocycles. The van der Waals surface area contributed by atoms with Gasteiger partial charge in [-0.15, -0.1) is 11.3 Å². The SMILES string of the molecule is C[N+]12CCC(OC(=O)Nc3ncsc3-c3cc(Cl)ccc3F)(CC1)CC2. The summed E-state index contributed by atoms with van der Waals surface area (Å²) in [4.78, 5) is 17.2. The van der Waals surface area contributed by atoms with E-state index in [0.29, 0.717) is 21.3 Å². The average molecular weight is 397 g/mol. The molecule has 0 radical (unpaired) electrons. The molecule has 4 heterocycles. The lowest BCUT2D eigenvalue weighted by molar-refractivity contribution is -0.926. The molecule has 1 N–H and O–H groups in total. The lowest BCUT2D eigenvalue weighted by Gasteiger charge is -2.51. The van der Waals surface area contributed by atoms with E-state index in [4.69, 9.17) is 16.3 Å². The molecule has 5 nitrogen and oxygen atoms in total. The van der Waals surface area contributed by atoms with Gasteiger partial charge >= 0.3 is 6.09 Å². The van der Waals surface area contributed by atoms with E-state index < -0.39 is 11.9 Å². The van der Waals surface area contributed by atoms with E-state index >= 15 is 0 Å². The Balaban J connectivity index is 1.50. The number of nitrogens with one attached hydrogen (secondary N) is 1.